The summed E-state index contributed by atoms with van der Waals surface area (Å²) >= 11 is 0. The van der Waals surface area contributed by atoms with Crippen LogP contribution in [0.5, 0.6) is 11.5 Å². The molecule has 0 unspecified atom stereocenters. The van der Waals surface area contributed by atoms with Crippen LogP contribution in [-0.2, 0) is 19.5 Å². The van der Waals surface area contributed by atoms with Crippen LogP contribution in [0.3, 0.4) is 0 Å². The van der Waals surface area contributed by atoms with E-state index in [1.165, 1.54) is 5.56 Å². The van der Waals surface area contributed by atoms with Gasteiger partial charge in [-0.05, 0) is 30.0 Å². The van der Waals surface area contributed by atoms with Crippen molar-refractivity contribution in [1.82, 2.24) is 20.2 Å². The zero-order valence-corrected chi connectivity index (χ0v) is 17.0. The standard InChI is InChI=1S/C20H31N5O2/c1-15(2)14-25-11-10-22-19(25)13-24-20(21-3)23-9-8-16-6-7-17(26-4)18(12-16)27-5/h6-7,10-12,15H,8-9,13-14H2,1-5H3,(H2,21,23,24). The minimum absolute atomic E-state index is 0.580. The number of ether oxygens (including phenoxy) is 2. The second-order valence-electron chi connectivity index (χ2n) is 6.68. The topological polar surface area (TPSA) is 72.7 Å². The van der Waals surface area contributed by atoms with Gasteiger partial charge in [0.1, 0.15) is 5.82 Å². The highest BCUT2D eigenvalue weighted by Crippen LogP contribution is 2.27. The molecule has 2 N–H and O–H groups in total. The van der Waals surface area contributed by atoms with Gasteiger partial charge in [0.05, 0.1) is 20.8 Å². The molecule has 2 aromatic rings. The predicted octanol–water partition coefficient (Wildman–Crippen LogP) is 2.46. The summed E-state index contributed by atoms with van der Waals surface area (Å²) in [6.45, 7) is 6.76. The van der Waals surface area contributed by atoms with E-state index in [2.05, 4.69) is 39.0 Å². The molecule has 7 nitrogen and oxygen atoms in total. The molecule has 1 aromatic carbocycles. The van der Waals surface area contributed by atoms with Crippen molar-refractivity contribution in [3.8, 4) is 11.5 Å². The van der Waals surface area contributed by atoms with Gasteiger partial charge in [-0.3, -0.25) is 4.99 Å². The fraction of sp³-hybridized carbons (Fsp3) is 0.500. The van der Waals surface area contributed by atoms with E-state index in [-0.39, 0.29) is 0 Å². The van der Waals surface area contributed by atoms with Crippen LogP contribution >= 0.6 is 0 Å². The van der Waals surface area contributed by atoms with Gasteiger partial charge in [0.15, 0.2) is 17.5 Å². The van der Waals surface area contributed by atoms with E-state index in [0.717, 1.165) is 42.8 Å². The smallest absolute Gasteiger partial charge is 0.191 e. The number of imidazole rings is 1. The van der Waals surface area contributed by atoms with Crippen LogP contribution in [0, 0.1) is 5.92 Å². The van der Waals surface area contributed by atoms with Gasteiger partial charge < -0.3 is 24.7 Å². The van der Waals surface area contributed by atoms with Crippen LogP contribution in [0.1, 0.15) is 25.2 Å². The van der Waals surface area contributed by atoms with Crippen molar-refractivity contribution in [2.75, 3.05) is 27.8 Å². The number of aliphatic imine (C=N–C) groups is 1. The lowest BCUT2D eigenvalue weighted by Crippen LogP contribution is -2.38. The Morgan fingerprint density at radius 3 is 2.63 bits per heavy atom. The normalized spacial score (nSPS) is 11.6. The maximum absolute atomic E-state index is 5.35. The number of aromatic nitrogens is 2. The maximum atomic E-state index is 5.35. The largest absolute Gasteiger partial charge is 0.493 e. The fourth-order valence-corrected chi connectivity index (χ4v) is 2.81. The van der Waals surface area contributed by atoms with E-state index in [4.69, 9.17) is 9.47 Å². The van der Waals surface area contributed by atoms with E-state index in [1.807, 2.05) is 30.6 Å². The van der Waals surface area contributed by atoms with Crippen LogP contribution in [0.2, 0.25) is 0 Å². The Hall–Kier alpha value is -2.70. The highest BCUT2D eigenvalue weighted by Gasteiger charge is 2.07. The van der Waals surface area contributed by atoms with Crippen molar-refractivity contribution in [2.24, 2.45) is 10.9 Å². The Labute approximate surface area is 161 Å². The summed E-state index contributed by atoms with van der Waals surface area (Å²) in [4.78, 5) is 8.71. The van der Waals surface area contributed by atoms with Gasteiger partial charge in [0.25, 0.3) is 0 Å². The van der Waals surface area contributed by atoms with Crippen molar-refractivity contribution >= 4 is 5.96 Å². The summed E-state index contributed by atoms with van der Waals surface area (Å²) in [6.07, 6.45) is 4.71. The average Bonchev–Trinajstić information content (AvgIpc) is 3.10. The van der Waals surface area contributed by atoms with Gasteiger partial charge in [-0.2, -0.15) is 0 Å². The zero-order chi connectivity index (χ0) is 19.6. The second-order valence-corrected chi connectivity index (χ2v) is 6.68. The van der Waals surface area contributed by atoms with Gasteiger partial charge >= 0.3 is 0 Å². The number of guanidine groups is 1. The van der Waals surface area contributed by atoms with Crippen molar-refractivity contribution in [3.05, 3.63) is 42.0 Å². The van der Waals surface area contributed by atoms with Crippen LogP contribution in [-0.4, -0.2) is 43.3 Å². The van der Waals surface area contributed by atoms with Gasteiger partial charge in [-0.25, -0.2) is 4.98 Å². The molecule has 148 valence electrons. The highest BCUT2D eigenvalue weighted by molar-refractivity contribution is 5.79. The number of hydrogen-bond donors (Lipinski definition) is 2. The molecule has 0 atom stereocenters. The summed E-state index contributed by atoms with van der Waals surface area (Å²) in [5, 5.41) is 6.66. The fourth-order valence-electron chi connectivity index (χ4n) is 2.81. The van der Waals surface area contributed by atoms with E-state index >= 15 is 0 Å². The Morgan fingerprint density at radius 2 is 1.96 bits per heavy atom. The number of nitrogens with one attached hydrogen (secondary N) is 2. The molecule has 0 saturated heterocycles. The molecule has 0 fully saturated rings. The number of hydrogen-bond acceptors (Lipinski definition) is 4. The van der Waals surface area contributed by atoms with E-state index < -0.39 is 0 Å². The van der Waals surface area contributed by atoms with Gasteiger partial charge in [0.2, 0.25) is 0 Å². The summed E-state index contributed by atoms with van der Waals surface area (Å²) in [6, 6.07) is 5.97. The third kappa shape index (κ3) is 6.20. The maximum Gasteiger partial charge on any atom is 0.191 e. The number of methoxy groups -OCH3 is 2. The summed E-state index contributed by atoms with van der Waals surface area (Å²) in [5.41, 5.74) is 1.17. The molecule has 0 saturated carbocycles. The van der Waals surface area contributed by atoms with Gasteiger partial charge in [-0.15, -0.1) is 0 Å². The molecule has 0 bridgehead atoms. The zero-order valence-electron chi connectivity index (χ0n) is 17.0. The summed E-state index contributed by atoms with van der Waals surface area (Å²) in [7, 11) is 5.06. The Bertz CT molecular complexity index is 740. The van der Waals surface area contributed by atoms with Crippen molar-refractivity contribution < 1.29 is 9.47 Å². The van der Waals surface area contributed by atoms with E-state index in [1.54, 1.807) is 21.3 Å². The van der Waals surface area contributed by atoms with Crippen molar-refractivity contribution in [3.63, 3.8) is 0 Å². The third-order valence-corrected chi connectivity index (χ3v) is 4.16. The molecular weight excluding hydrogens is 342 g/mol. The summed E-state index contributed by atoms with van der Waals surface area (Å²) < 4.78 is 12.8. The lowest BCUT2D eigenvalue weighted by molar-refractivity contribution is 0.354. The lowest BCUT2D eigenvalue weighted by Gasteiger charge is -2.14. The molecule has 0 spiro atoms. The van der Waals surface area contributed by atoms with Crippen molar-refractivity contribution in [1.29, 1.82) is 0 Å². The van der Waals surface area contributed by atoms with Crippen molar-refractivity contribution in [2.45, 2.75) is 33.4 Å². The second kappa shape index (κ2) is 10.4. The van der Waals surface area contributed by atoms with Crippen LogP contribution in [0.25, 0.3) is 0 Å². The molecule has 0 aliphatic heterocycles. The average molecular weight is 374 g/mol. The molecule has 7 heteroatoms. The predicted molar refractivity (Wildman–Crippen MR) is 109 cm³/mol. The first-order valence-electron chi connectivity index (χ1n) is 9.22. The van der Waals surface area contributed by atoms with Gasteiger partial charge in [-0.1, -0.05) is 19.9 Å². The Kier molecular flexibility index (Phi) is 7.98. The summed E-state index contributed by atoms with van der Waals surface area (Å²) in [5.74, 6) is 3.83. The van der Waals surface area contributed by atoms with Crippen LogP contribution < -0.4 is 20.1 Å². The number of nitrogens with zero attached hydrogens (tertiary/aromatic N) is 3. The third-order valence-electron chi connectivity index (χ3n) is 4.16. The first kappa shape index (κ1) is 20.6. The first-order valence-corrected chi connectivity index (χ1v) is 9.22. The Morgan fingerprint density at radius 1 is 1.19 bits per heavy atom. The minimum atomic E-state index is 0.580. The molecule has 0 radical (unpaired) electrons. The lowest BCUT2D eigenvalue weighted by atomic mass is 10.1. The number of rotatable bonds is 9. The van der Waals surface area contributed by atoms with E-state index in [0.29, 0.717) is 12.5 Å². The molecule has 0 amide bonds. The molecule has 2 rings (SSSR count). The molecule has 27 heavy (non-hydrogen) atoms. The first-order chi connectivity index (χ1) is 13.1. The molecule has 0 aliphatic carbocycles. The van der Waals surface area contributed by atoms with E-state index in [9.17, 15) is 0 Å². The van der Waals surface area contributed by atoms with Crippen LogP contribution in [0.4, 0.5) is 0 Å². The minimum Gasteiger partial charge on any atom is -0.493 e. The van der Waals surface area contributed by atoms with Gasteiger partial charge in [0, 0.05) is 32.5 Å². The monoisotopic (exact) mass is 373 g/mol. The SMILES string of the molecule is CN=C(NCCc1ccc(OC)c(OC)c1)NCc1nccn1CC(C)C. The highest BCUT2D eigenvalue weighted by atomic mass is 16.5. The molecular formula is C20H31N5O2. The number of benzene rings is 1. The Balaban J connectivity index is 1.83. The van der Waals surface area contributed by atoms with Crippen LogP contribution in [0.15, 0.2) is 35.6 Å². The molecule has 1 aromatic heterocycles. The molecule has 0 aliphatic rings. The molecule has 1 heterocycles. The quantitative estimate of drug-likeness (QED) is 0.522.